The van der Waals surface area contributed by atoms with Crippen molar-refractivity contribution in [2.24, 2.45) is 14.1 Å². The molecule has 2 aromatic heterocycles. The molecule has 0 bridgehead atoms. The van der Waals surface area contributed by atoms with Crippen LogP contribution in [0.1, 0.15) is 34.0 Å². The lowest BCUT2D eigenvalue weighted by Crippen LogP contribution is -2.40. The van der Waals surface area contributed by atoms with E-state index in [0.717, 1.165) is 16.8 Å². The second-order valence-corrected chi connectivity index (χ2v) is 10.3. The van der Waals surface area contributed by atoms with Gasteiger partial charge in [-0.3, -0.25) is 14.4 Å². The first kappa shape index (κ1) is 26.2. The van der Waals surface area contributed by atoms with Gasteiger partial charge in [-0.1, -0.05) is 12.1 Å². The Morgan fingerprint density at radius 1 is 1.12 bits per heavy atom. The van der Waals surface area contributed by atoms with E-state index in [-0.39, 0.29) is 23.8 Å². The number of fused-ring (bicyclic) bond motifs is 1. The number of aryl methyl sites for hydroxylation is 2. The van der Waals surface area contributed by atoms with Crippen LogP contribution < -0.4 is 4.90 Å². The Bertz CT molecular complexity index is 1590. The SMILES string of the molecule is C[C@@H]1CN(Cc2cc3c(c(C(F)(F)F)c2)CN(c2cccc(-c4c(-c5nncn5C)cnn4C)c2)C3=O)CCO1. The summed E-state index contributed by atoms with van der Waals surface area (Å²) in [4.78, 5) is 17.1. The van der Waals surface area contributed by atoms with Gasteiger partial charge < -0.3 is 14.2 Å². The molecule has 1 amide bonds. The maximum Gasteiger partial charge on any atom is 0.416 e. The zero-order valence-electron chi connectivity index (χ0n) is 22.3. The van der Waals surface area contributed by atoms with E-state index in [1.807, 2.05) is 20.0 Å². The first-order valence-corrected chi connectivity index (χ1v) is 13.0. The number of carbonyl (C=O) groups excluding carboxylic acids is 1. The van der Waals surface area contributed by atoms with E-state index in [1.165, 1.54) is 11.0 Å². The zero-order valence-corrected chi connectivity index (χ0v) is 22.3. The number of nitrogens with zero attached hydrogens (tertiary/aromatic N) is 7. The maximum absolute atomic E-state index is 14.2. The molecule has 208 valence electrons. The van der Waals surface area contributed by atoms with E-state index in [0.29, 0.717) is 43.3 Å². The van der Waals surface area contributed by atoms with Crippen LogP contribution in [-0.2, 0) is 38.1 Å². The largest absolute Gasteiger partial charge is 0.416 e. The van der Waals surface area contributed by atoms with Gasteiger partial charge in [0, 0.05) is 50.5 Å². The summed E-state index contributed by atoms with van der Waals surface area (Å²) in [7, 11) is 3.62. The molecule has 9 nitrogen and oxygen atoms in total. The summed E-state index contributed by atoms with van der Waals surface area (Å²) >= 11 is 0. The second kappa shape index (κ2) is 9.86. The van der Waals surface area contributed by atoms with Crippen LogP contribution in [-0.4, -0.2) is 61.2 Å². The summed E-state index contributed by atoms with van der Waals surface area (Å²) in [5.41, 5.74) is 2.55. The first-order chi connectivity index (χ1) is 19.1. The molecule has 1 atom stereocenters. The Morgan fingerprint density at radius 2 is 1.95 bits per heavy atom. The van der Waals surface area contributed by atoms with Gasteiger partial charge in [0.25, 0.3) is 5.91 Å². The molecule has 40 heavy (non-hydrogen) atoms. The zero-order chi connectivity index (χ0) is 28.2. The molecule has 0 unspecified atom stereocenters. The molecule has 2 aliphatic rings. The summed E-state index contributed by atoms with van der Waals surface area (Å²) in [6.07, 6.45) is -1.30. The Kier molecular flexibility index (Phi) is 6.46. The monoisotopic (exact) mass is 551 g/mol. The fourth-order valence-corrected chi connectivity index (χ4v) is 5.61. The summed E-state index contributed by atoms with van der Waals surface area (Å²) in [6, 6.07) is 9.98. The van der Waals surface area contributed by atoms with E-state index in [1.54, 1.807) is 53.1 Å². The van der Waals surface area contributed by atoms with Crippen molar-refractivity contribution >= 4 is 11.6 Å². The van der Waals surface area contributed by atoms with Crippen LogP contribution >= 0.6 is 0 Å². The highest BCUT2D eigenvalue weighted by Crippen LogP contribution is 2.41. The van der Waals surface area contributed by atoms with Gasteiger partial charge >= 0.3 is 6.18 Å². The molecular formula is C28H28F3N7O2. The lowest BCUT2D eigenvalue weighted by atomic mass is 9.98. The van der Waals surface area contributed by atoms with E-state index < -0.39 is 17.6 Å². The standard InChI is InChI=1S/C28H28F3N7O2/c1-17-13-37(7-8-40-17)14-18-9-21-23(24(10-18)28(29,30)31)15-38(27(21)39)20-6-4-5-19(11-20)25-22(12-33-36(25)3)26-34-32-16-35(26)2/h4-6,9-12,16-17H,7-8,13-15H2,1-3H3/t17-/m1/s1. The summed E-state index contributed by atoms with van der Waals surface area (Å²) in [6.45, 7) is 3.86. The van der Waals surface area contributed by atoms with Crippen molar-refractivity contribution in [2.45, 2.75) is 32.3 Å². The maximum atomic E-state index is 14.2. The number of alkyl halides is 3. The molecule has 2 aliphatic heterocycles. The average Bonchev–Trinajstić information content (AvgIpc) is 3.60. The van der Waals surface area contributed by atoms with Crippen LogP contribution in [0.15, 0.2) is 48.9 Å². The van der Waals surface area contributed by atoms with E-state index in [4.69, 9.17) is 4.74 Å². The number of ether oxygens (including phenoxy) is 1. The Morgan fingerprint density at radius 3 is 2.67 bits per heavy atom. The minimum absolute atomic E-state index is 0.00213. The fourth-order valence-electron chi connectivity index (χ4n) is 5.61. The number of hydrogen-bond acceptors (Lipinski definition) is 6. The predicted octanol–water partition coefficient (Wildman–Crippen LogP) is 4.28. The number of hydrogen-bond donors (Lipinski definition) is 0. The number of benzene rings is 2. The molecule has 0 aliphatic carbocycles. The normalized spacial score (nSPS) is 18.0. The fraction of sp³-hybridized carbons (Fsp3) is 0.357. The molecule has 0 spiro atoms. The van der Waals surface area contributed by atoms with Gasteiger partial charge in [0.05, 0.1) is 42.3 Å². The van der Waals surface area contributed by atoms with Crippen molar-refractivity contribution in [3.05, 3.63) is 71.2 Å². The van der Waals surface area contributed by atoms with Crippen molar-refractivity contribution in [3.63, 3.8) is 0 Å². The molecule has 4 aromatic rings. The average molecular weight is 552 g/mol. The van der Waals surface area contributed by atoms with Crippen molar-refractivity contribution in [1.29, 1.82) is 0 Å². The molecule has 1 saturated heterocycles. The smallest absolute Gasteiger partial charge is 0.376 e. The molecule has 12 heteroatoms. The third kappa shape index (κ3) is 4.66. The van der Waals surface area contributed by atoms with Crippen molar-refractivity contribution in [3.8, 4) is 22.6 Å². The molecular weight excluding hydrogens is 523 g/mol. The number of anilines is 1. The number of morpholine rings is 1. The molecule has 2 aromatic carbocycles. The Labute approximate surface area is 228 Å². The van der Waals surface area contributed by atoms with Crippen molar-refractivity contribution in [1.82, 2.24) is 29.4 Å². The molecule has 0 saturated carbocycles. The molecule has 0 radical (unpaired) electrons. The topological polar surface area (TPSA) is 81.3 Å². The Balaban J connectivity index is 1.36. The van der Waals surface area contributed by atoms with Gasteiger partial charge in [0.2, 0.25) is 0 Å². The third-order valence-corrected chi connectivity index (χ3v) is 7.46. The van der Waals surface area contributed by atoms with Crippen molar-refractivity contribution in [2.75, 3.05) is 24.6 Å². The molecule has 4 heterocycles. The molecule has 6 rings (SSSR count). The lowest BCUT2D eigenvalue weighted by Gasteiger charge is -2.31. The highest BCUT2D eigenvalue weighted by molar-refractivity contribution is 6.10. The highest BCUT2D eigenvalue weighted by Gasteiger charge is 2.40. The van der Waals surface area contributed by atoms with E-state index in [2.05, 4.69) is 20.2 Å². The van der Waals surface area contributed by atoms with Crippen molar-refractivity contribution < 1.29 is 22.7 Å². The van der Waals surface area contributed by atoms with Crippen LogP contribution in [0.3, 0.4) is 0 Å². The summed E-state index contributed by atoms with van der Waals surface area (Å²) < 4.78 is 51.8. The van der Waals surface area contributed by atoms with Gasteiger partial charge in [0.1, 0.15) is 6.33 Å². The van der Waals surface area contributed by atoms with Gasteiger partial charge in [-0.15, -0.1) is 10.2 Å². The van der Waals surface area contributed by atoms with Crippen LogP contribution in [0.4, 0.5) is 18.9 Å². The van der Waals surface area contributed by atoms with E-state index >= 15 is 0 Å². The quantitative estimate of drug-likeness (QED) is 0.368. The number of halogens is 3. The predicted molar refractivity (Wildman–Crippen MR) is 141 cm³/mol. The molecule has 1 fully saturated rings. The number of aromatic nitrogens is 5. The lowest BCUT2D eigenvalue weighted by molar-refractivity contribution is -0.138. The van der Waals surface area contributed by atoms with E-state index in [9.17, 15) is 18.0 Å². The number of carbonyl (C=O) groups is 1. The third-order valence-electron chi connectivity index (χ3n) is 7.46. The van der Waals surface area contributed by atoms with Crippen LogP contribution in [0.25, 0.3) is 22.6 Å². The Hall–Kier alpha value is -4.03. The minimum Gasteiger partial charge on any atom is -0.376 e. The van der Waals surface area contributed by atoms with Gasteiger partial charge in [0.15, 0.2) is 5.82 Å². The van der Waals surface area contributed by atoms with Gasteiger partial charge in [-0.2, -0.15) is 18.3 Å². The highest BCUT2D eigenvalue weighted by atomic mass is 19.4. The summed E-state index contributed by atoms with van der Waals surface area (Å²) in [5, 5.41) is 12.5. The van der Waals surface area contributed by atoms with Crippen LogP contribution in [0, 0.1) is 0 Å². The number of amides is 1. The van der Waals surface area contributed by atoms with Crippen LogP contribution in [0.2, 0.25) is 0 Å². The minimum atomic E-state index is -4.59. The second-order valence-electron chi connectivity index (χ2n) is 10.3. The number of rotatable bonds is 5. The van der Waals surface area contributed by atoms with Gasteiger partial charge in [-0.25, -0.2) is 0 Å². The van der Waals surface area contributed by atoms with Crippen LogP contribution in [0.5, 0.6) is 0 Å². The first-order valence-electron chi connectivity index (χ1n) is 13.0. The summed E-state index contributed by atoms with van der Waals surface area (Å²) in [5.74, 6) is 0.170. The van der Waals surface area contributed by atoms with Gasteiger partial charge in [-0.05, 0) is 42.3 Å². The molecule has 0 N–H and O–H groups in total.